The van der Waals surface area contributed by atoms with Gasteiger partial charge in [-0.25, -0.2) is 0 Å². The largest absolute Gasteiger partial charge is 0.361 e. The van der Waals surface area contributed by atoms with E-state index in [0.717, 1.165) is 31.4 Å². The van der Waals surface area contributed by atoms with Gasteiger partial charge in [-0.3, -0.25) is 0 Å². The van der Waals surface area contributed by atoms with Crippen molar-refractivity contribution >= 4 is 10.9 Å². The van der Waals surface area contributed by atoms with Crippen LogP contribution in [0.3, 0.4) is 0 Å². The lowest BCUT2D eigenvalue weighted by Crippen LogP contribution is -2.39. The van der Waals surface area contributed by atoms with E-state index >= 15 is 0 Å². The zero-order chi connectivity index (χ0) is 12.6. The molecule has 0 radical (unpaired) electrons. The van der Waals surface area contributed by atoms with Gasteiger partial charge < -0.3 is 9.88 Å². The SMILES string of the molecule is CN1CCC(C#N)(c2c[nH]c3ccccc23)CC1. The Labute approximate surface area is 107 Å². The maximum absolute atomic E-state index is 9.68. The van der Waals surface area contributed by atoms with Gasteiger partial charge in [-0.2, -0.15) is 5.26 Å². The number of hydrogen-bond donors (Lipinski definition) is 1. The first-order valence-electron chi connectivity index (χ1n) is 6.42. The molecule has 0 atom stereocenters. The molecule has 1 fully saturated rings. The molecule has 18 heavy (non-hydrogen) atoms. The maximum Gasteiger partial charge on any atom is 0.0867 e. The van der Waals surface area contributed by atoms with Crippen molar-refractivity contribution in [1.29, 1.82) is 5.26 Å². The molecule has 0 spiro atoms. The maximum atomic E-state index is 9.68. The zero-order valence-electron chi connectivity index (χ0n) is 10.6. The van der Waals surface area contributed by atoms with Crippen molar-refractivity contribution < 1.29 is 0 Å². The summed E-state index contributed by atoms with van der Waals surface area (Å²) in [6.45, 7) is 1.99. The monoisotopic (exact) mass is 239 g/mol. The van der Waals surface area contributed by atoms with Gasteiger partial charge in [0, 0.05) is 17.1 Å². The summed E-state index contributed by atoms with van der Waals surface area (Å²) in [5.74, 6) is 0. The van der Waals surface area contributed by atoms with Crippen LogP contribution in [0.4, 0.5) is 0 Å². The van der Waals surface area contributed by atoms with Gasteiger partial charge in [0.05, 0.1) is 11.5 Å². The molecule has 3 nitrogen and oxygen atoms in total. The molecule has 0 saturated carbocycles. The number of piperidine rings is 1. The van der Waals surface area contributed by atoms with Crippen LogP contribution in [-0.2, 0) is 5.41 Å². The first kappa shape index (κ1) is 11.3. The first-order valence-corrected chi connectivity index (χ1v) is 6.42. The van der Waals surface area contributed by atoms with Gasteiger partial charge in [0.25, 0.3) is 0 Å². The third kappa shape index (κ3) is 1.61. The molecular formula is C15H17N3. The molecule has 1 aromatic heterocycles. The molecule has 0 bridgehead atoms. The molecular weight excluding hydrogens is 222 g/mol. The Morgan fingerprint density at radius 2 is 2.00 bits per heavy atom. The van der Waals surface area contributed by atoms with Crippen molar-refractivity contribution in [3.8, 4) is 6.07 Å². The molecule has 0 unspecified atom stereocenters. The van der Waals surface area contributed by atoms with E-state index in [0.29, 0.717) is 0 Å². The van der Waals surface area contributed by atoms with E-state index in [1.165, 1.54) is 10.9 Å². The van der Waals surface area contributed by atoms with Crippen molar-refractivity contribution in [3.63, 3.8) is 0 Å². The van der Waals surface area contributed by atoms with Crippen LogP contribution in [0.2, 0.25) is 0 Å². The second-order valence-electron chi connectivity index (χ2n) is 5.25. The number of benzene rings is 1. The Morgan fingerprint density at radius 3 is 2.72 bits per heavy atom. The number of nitrogens with zero attached hydrogens (tertiary/aromatic N) is 2. The minimum Gasteiger partial charge on any atom is -0.361 e. The molecule has 1 aliphatic heterocycles. The van der Waals surface area contributed by atoms with Crippen LogP contribution in [0.1, 0.15) is 18.4 Å². The number of para-hydroxylation sites is 1. The van der Waals surface area contributed by atoms with Crippen LogP contribution in [0.25, 0.3) is 10.9 Å². The molecule has 1 N–H and O–H groups in total. The minimum atomic E-state index is -0.313. The van der Waals surface area contributed by atoms with Crippen LogP contribution >= 0.6 is 0 Å². The van der Waals surface area contributed by atoms with Gasteiger partial charge in [-0.05, 0) is 44.6 Å². The number of H-pyrrole nitrogens is 1. The van der Waals surface area contributed by atoms with Crippen molar-refractivity contribution in [1.82, 2.24) is 9.88 Å². The Balaban J connectivity index is 2.09. The summed E-state index contributed by atoms with van der Waals surface area (Å²) in [7, 11) is 2.12. The lowest BCUT2D eigenvalue weighted by molar-refractivity contribution is 0.223. The number of nitrogens with one attached hydrogen (secondary N) is 1. The molecule has 1 aliphatic rings. The number of rotatable bonds is 1. The van der Waals surface area contributed by atoms with Gasteiger partial charge in [0.1, 0.15) is 0 Å². The fraction of sp³-hybridized carbons (Fsp3) is 0.400. The van der Waals surface area contributed by atoms with E-state index in [9.17, 15) is 5.26 Å². The summed E-state index contributed by atoms with van der Waals surface area (Å²) in [6, 6.07) is 10.8. The summed E-state index contributed by atoms with van der Waals surface area (Å²) in [6.07, 6.45) is 3.86. The van der Waals surface area contributed by atoms with Crippen LogP contribution in [0, 0.1) is 11.3 Å². The Morgan fingerprint density at radius 1 is 1.28 bits per heavy atom. The fourth-order valence-electron chi connectivity index (χ4n) is 2.91. The van der Waals surface area contributed by atoms with Crippen LogP contribution in [-0.4, -0.2) is 30.0 Å². The average Bonchev–Trinajstić information content (AvgIpc) is 2.85. The van der Waals surface area contributed by atoms with Crippen LogP contribution in [0.15, 0.2) is 30.5 Å². The third-order valence-electron chi connectivity index (χ3n) is 4.16. The van der Waals surface area contributed by atoms with Crippen LogP contribution in [0.5, 0.6) is 0 Å². The molecule has 0 aliphatic carbocycles. The lowest BCUT2D eigenvalue weighted by atomic mass is 9.74. The van der Waals surface area contributed by atoms with Gasteiger partial charge >= 0.3 is 0 Å². The summed E-state index contributed by atoms with van der Waals surface area (Å²) >= 11 is 0. The number of fused-ring (bicyclic) bond motifs is 1. The number of nitriles is 1. The van der Waals surface area contributed by atoms with Gasteiger partial charge in [0.2, 0.25) is 0 Å². The van der Waals surface area contributed by atoms with Crippen molar-refractivity contribution in [2.24, 2.45) is 0 Å². The fourth-order valence-corrected chi connectivity index (χ4v) is 2.91. The third-order valence-corrected chi connectivity index (χ3v) is 4.16. The van der Waals surface area contributed by atoms with Crippen molar-refractivity contribution in [3.05, 3.63) is 36.0 Å². The number of aromatic amines is 1. The molecule has 2 heterocycles. The van der Waals surface area contributed by atoms with E-state index < -0.39 is 0 Å². The average molecular weight is 239 g/mol. The quantitative estimate of drug-likeness (QED) is 0.831. The lowest BCUT2D eigenvalue weighted by Gasteiger charge is -2.35. The van der Waals surface area contributed by atoms with E-state index in [1.807, 2.05) is 18.3 Å². The Bertz CT molecular complexity index is 597. The number of hydrogen-bond acceptors (Lipinski definition) is 2. The molecule has 92 valence electrons. The minimum absolute atomic E-state index is 0.313. The summed E-state index contributed by atoms with van der Waals surface area (Å²) in [4.78, 5) is 5.59. The van der Waals surface area contributed by atoms with Crippen LogP contribution < -0.4 is 0 Å². The van der Waals surface area contributed by atoms with Crippen molar-refractivity contribution in [2.45, 2.75) is 18.3 Å². The Kier molecular flexibility index (Phi) is 2.61. The number of likely N-dealkylation sites (tertiary alicyclic amines) is 1. The Hall–Kier alpha value is -1.79. The standard InChI is InChI=1S/C15H17N3/c1-18-8-6-15(11-16,7-9-18)13-10-17-14-5-3-2-4-12(13)14/h2-5,10,17H,6-9H2,1H3. The van der Waals surface area contributed by atoms with Gasteiger partial charge in [0.15, 0.2) is 0 Å². The van der Waals surface area contributed by atoms with Gasteiger partial charge in [-0.1, -0.05) is 18.2 Å². The molecule has 2 aromatic rings. The highest BCUT2D eigenvalue weighted by atomic mass is 15.1. The molecule has 3 rings (SSSR count). The predicted octanol–water partition coefficient (Wildman–Crippen LogP) is 2.65. The zero-order valence-corrected chi connectivity index (χ0v) is 10.6. The molecule has 0 amide bonds. The highest BCUT2D eigenvalue weighted by Crippen LogP contribution is 2.38. The summed E-state index contributed by atoms with van der Waals surface area (Å²) < 4.78 is 0. The van der Waals surface area contributed by atoms with E-state index in [2.05, 4.69) is 35.1 Å². The van der Waals surface area contributed by atoms with Crippen molar-refractivity contribution in [2.75, 3.05) is 20.1 Å². The highest BCUT2D eigenvalue weighted by Gasteiger charge is 2.37. The summed E-state index contributed by atoms with van der Waals surface area (Å²) in [5, 5.41) is 10.9. The van der Waals surface area contributed by atoms with Gasteiger partial charge in [-0.15, -0.1) is 0 Å². The second-order valence-corrected chi connectivity index (χ2v) is 5.25. The topological polar surface area (TPSA) is 42.8 Å². The molecule has 1 aromatic carbocycles. The smallest absolute Gasteiger partial charge is 0.0867 e. The summed E-state index contributed by atoms with van der Waals surface area (Å²) in [5.41, 5.74) is 1.99. The normalized spacial score (nSPS) is 19.8. The van der Waals surface area contributed by atoms with E-state index in [4.69, 9.17) is 0 Å². The second kappa shape index (κ2) is 4.15. The van der Waals surface area contributed by atoms with E-state index in [1.54, 1.807) is 0 Å². The predicted molar refractivity (Wildman–Crippen MR) is 72.3 cm³/mol. The van der Waals surface area contributed by atoms with E-state index in [-0.39, 0.29) is 5.41 Å². The number of aromatic nitrogens is 1. The first-order chi connectivity index (χ1) is 8.75. The molecule has 1 saturated heterocycles. The highest BCUT2D eigenvalue weighted by molar-refractivity contribution is 5.84. The molecule has 3 heteroatoms.